The number of halogens is 3. The second-order valence-corrected chi connectivity index (χ2v) is 12.6. The molecule has 9 heteroatoms. The molecule has 0 saturated heterocycles. The third-order valence-electron chi connectivity index (χ3n) is 10.9. The van der Waals surface area contributed by atoms with E-state index in [2.05, 4.69) is 24.2 Å². The lowest BCUT2D eigenvalue weighted by Gasteiger charge is -2.60. The minimum absolute atomic E-state index is 0.0724. The van der Waals surface area contributed by atoms with E-state index in [0.29, 0.717) is 36.1 Å². The number of methoxy groups -OCH3 is 2. The third kappa shape index (κ3) is 4.97. The van der Waals surface area contributed by atoms with Gasteiger partial charge in [-0.25, -0.2) is 4.68 Å². The van der Waals surface area contributed by atoms with Gasteiger partial charge in [-0.2, -0.15) is 13.2 Å². The first-order valence-corrected chi connectivity index (χ1v) is 14.5. The Morgan fingerprint density at radius 1 is 1.13 bits per heavy atom. The largest absolute Gasteiger partial charge is 0.497 e. The standard InChI is InChI=1S/C30H42F3N3O3/c1-5-13-29(18-38-3)19(16-30(31,32)33)6-8-21-22-9-10-24(28(22,2)14-12-23(21)29)27(37)17-36-26-11-7-20(39-4)15-25(26)34-35-36/h7,11,15,19,21-24H,5-6,8-10,12-14,16-18H2,1-4H3/t19?,21?,22?,23?,24-,28?,29?/m1/s1. The van der Waals surface area contributed by atoms with Crippen molar-refractivity contribution in [3.63, 3.8) is 0 Å². The van der Waals surface area contributed by atoms with Crippen molar-refractivity contribution in [2.24, 2.45) is 40.4 Å². The van der Waals surface area contributed by atoms with E-state index in [1.54, 1.807) is 18.9 Å². The van der Waals surface area contributed by atoms with Gasteiger partial charge in [-0.3, -0.25) is 4.79 Å². The summed E-state index contributed by atoms with van der Waals surface area (Å²) in [6.07, 6.45) is 1.66. The quantitative estimate of drug-likeness (QED) is 0.342. The molecule has 5 rings (SSSR count). The fraction of sp³-hybridized carbons (Fsp3) is 0.767. The zero-order chi connectivity index (χ0) is 28.0. The highest BCUT2D eigenvalue weighted by Gasteiger charge is 2.62. The van der Waals surface area contributed by atoms with E-state index in [0.717, 1.165) is 50.5 Å². The summed E-state index contributed by atoms with van der Waals surface area (Å²) in [7, 11) is 3.23. The monoisotopic (exact) mass is 549 g/mol. The predicted molar refractivity (Wildman–Crippen MR) is 142 cm³/mol. The Bertz CT molecular complexity index is 1180. The molecule has 1 aromatic heterocycles. The summed E-state index contributed by atoms with van der Waals surface area (Å²) >= 11 is 0. The molecule has 0 spiro atoms. The smallest absolute Gasteiger partial charge is 0.389 e. The van der Waals surface area contributed by atoms with E-state index < -0.39 is 23.9 Å². The average Bonchev–Trinajstić information content (AvgIpc) is 3.45. The van der Waals surface area contributed by atoms with Crippen molar-refractivity contribution in [3.05, 3.63) is 18.2 Å². The van der Waals surface area contributed by atoms with E-state index in [9.17, 15) is 18.0 Å². The van der Waals surface area contributed by atoms with Crippen molar-refractivity contribution in [2.75, 3.05) is 20.8 Å². The summed E-state index contributed by atoms with van der Waals surface area (Å²) in [5, 5.41) is 8.49. The van der Waals surface area contributed by atoms with Gasteiger partial charge in [-0.15, -0.1) is 5.10 Å². The number of carbonyl (C=O) groups is 1. The van der Waals surface area contributed by atoms with Crippen LogP contribution in [0.3, 0.4) is 0 Å². The van der Waals surface area contributed by atoms with Crippen molar-refractivity contribution in [1.82, 2.24) is 15.0 Å². The lowest BCUT2D eigenvalue weighted by molar-refractivity contribution is -0.191. The second kappa shape index (κ2) is 10.7. The highest BCUT2D eigenvalue weighted by molar-refractivity contribution is 5.84. The van der Waals surface area contributed by atoms with Crippen LogP contribution in [-0.2, 0) is 16.1 Å². The number of aromatic nitrogens is 3. The van der Waals surface area contributed by atoms with Gasteiger partial charge in [0.25, 0.3) is 0 Å². The van der Waals surface area contributed by atoms with Gasteiger partial charge in [0.05, 0.1) is 19.2 Å². The second-order valence-electron chi connectivity index (χ2n) is 12.6. The lowest BCUT2D eigenvalue weighted by Crippen LogP contribution is -2.55. The number of fused-ring (bicyclic) bond motifs is 4. The number of alkyl halides is 3. The van der Waals surface area contributed by atoms with Gasteiger partial charge in [0.15, 0.2) is 5.78 Å². The van der Waals surface area contributed by atoms with Crippen LogP contribution in [0.2, 0.25) is 0 Å². The summed E-state index contributed by atoms with van der Waals surface area (Å²) in [4.78, 5) is 13.8. The number of hydrogen-bond acceptors (Lipinski definition) is 5. The molecule has 0 radical (unpaired) electrons. The zero-order valence-corrected chi connectivity index (χ0v) is 23.6. The molecule has 3 fully saturated rings. The van der Waals surface area contributed by atoms with Gasteiger partial charge >= 0.3 is 6.18 Å². The summed E-state index contributed by atoms with van der Waals surface area (Å²) < 4.78 is 53.8. The maximum Gasteiger partial charge on any atom is 0.389 e. The third-order valence-corrected chi connectivity index (χ3v) is 10.9. The van der Waals surface area contributed by atoms with Gasteiger partial charge in [0.2, 0.25) is 0 Å². The first kappa shape index (κ1) is 28.4. The Hall–Kier alpha value is -2.16. The molecule has 1 aromatic carbocycles. The Morgan fingerprint density at radius 3 is 2.62 bits per heavy atom. The van der Waals surface area contributed by atoms with Crippen LogP contribution in [0.1, 0.15) is 71.6 Å². The summed E-state index contributed by atoms with van der Waals surface area (Å²) in [5.41, 5.74) is 0.907. The van der Waals surface area contributed by atoms with E-state index >= 15 is 0 Å². The van der Waals surface area contributed by atoms with Crippen molar-refractivity contribution < 1.29 is 27.4 Å². The minimum Gasteiger partial charge on any atom is -0.497 e. The van der Waals surface area contributed by atoms with Gasteiger partial charge in [0.1, 0.15) is 17.8 Å². The van der Waals surface area contributed by atoms with E-state index in [1.807, 2.05) is 18.2 Å². The number of benzene rings is 1. The van der Waals surface area contributed by atoms with Crippen LogP contribution in [0.5, 0.6) is 5.75 Å². The van der Waals surface area contributed by atoms with Gasteiger partial charge in [0, 0.05) is 25.5 Å². The van der Waals surface area contributed by atoms with Crippen molar-refractivity contribution in [3.8, 4) is 5.75 Å². The van der Waals surface area contributed by atoms with Crippen LogP contribution in [0, 0.1) is 40.4 Å². The first-order chi connectivity index (χ1) is 18.6. The number of carbonyl (C=O) groups excluding carboxylic acids is 1. The van der Waals surface area contributed by atoms with Crippen molar-refractivity contribution in [1.29, 1.82) is 0 Å². The molecule has 3 saturated carbocycles. The summed E-state index contributed by atoms with van der Waals surface area (Å²) in [5.74, 6) is 1.30. The Labute approximate surface area is 229 Å². The average molecular weight is 550 g/mol. The molecule has 0 bridgehead atoms. The maximum atomic E-state index is 13.8. The molecule has 3 aliphatic carbocycles. The minimum atomic E-state index is -4.17. The molecule has 1 heterocycles. The zero-order valence-electron chi connectivity index (χ0n) is 23.6. The first-order valence-electron chi connectivity index (χ1n) is 14.5. The van der Waals surface area contributed by atoms with Gasteiger partial charge in [-0.05, 0) is 91.6 Å². The topological polar surface area (TPSA) is 66.2 Å². The Morgan fingerprint density at radius 2 is 1.92 bits per heavy atom. The van der Waals surface area contributed by atoms with E-state index in [4.69, 9.17) is 9.47 Å². The molecule has 3 aliphatic rings. The number of Topliss-reactive ketones (excluding diaryl/α,β-unsaturated/α-hetero) is 1. The number of ketones is 1. The highest BCUT2D eigenvalue weighted by Crippen LogP contribution is 2.67. The highest BCUT2D eigenvalue weighted by atomic mass is 19.4. The molecular formula is C30H42F3N3O3. The summed E-state index contributed by atoms with van der Waals surface area (Å²) in [6.45, 7) is 4.92. The SMILES string of the molecule is CCCC1(COC)C(CC(F)(F)F)CCC2C1CCC1(C)C2CC[C@@H]1C(=O)Cn1nnc2cc(OC)ccc21. The predicted octanol–water partition coefficient (Wildman–Crippen LogP) is 6.86. The van der Waals surface area contributed by atoms with Crippen molar-refractivity contribution >= 4 is 16.8 Å². The molecule has 0 amide bonds. The van der Waals surface area contributed by atoms with Crippen LogP contribution in [0.25, 0.3) is 11.0 Å². The van der Waals surface area contributed by atoms with Crippen LogP contribution in [0.15, 0.2) is 18.2 Å². The number of rotatable bonds is 9. The van der Waals surface area contributed by atoms with Crippen molar-refractivity contribution in [2.45, 2.75) is 84.4 Å². The fourth-order valence-electron chi connectivity index (χ4n) is 9.38. The van der Waals surface area contributed by atoms with E-state index in [-0.39, 0.29) is 29.6 Å². The molecule has 2 aromatic rings. The van der Waals surface area contributed by atoms with Crippen LogP contribution >= 0.6 is 0 Å². The van der Waals surface area contributed by atoms with Crippen LogP contribution in [0.4, 0.5) is 13.2 Å². The van der Waals surface area contributed by atoms with Crippen LogP contribution in [-0.4, -0.2) is 47.8 Å². The maximum absolute atomic E-state index is 13.8. The normalized spacial score (nSPS) is 34.6. The molecule has 6 unspecified atom stereocenters. The lowest BCUT2D eigenvalue weighted by atomic mass is 9.45. The number of nitrogens with zero attached hydrogens (tertiary/aromatic N) is 3. The molecule has 0 aliphatic heterocycles. The molecule has 0 N–H and O–H groups in total. The number of ether oxygens (including phenoxy) is 2. The van der Waals surface area contributed by atoms with Gasteiger partial charge in [-0.1, -0.05) is 25.5 Å². The Kier molecular flexibility index (Phi) is 7.77. The molecule has 7 atom stereocenters. The summed E-state index contributed by atoms with van der Waals surface area (Å²) in [6, 6.07) is 5.54. The molecule has 6 nitrogen and oxygen atoms in total. The van der Waals surface area contributed by atoms with Crippen LogP contribution < -0.4 is 4.74 Å². The number of hydrogen-bond donors (Lipinski definition) is 0. The molecule has 216 valence electrons. The van der Waals surface area contributed by atoms with Gasteiger partial charge < -0.3 is 9.47 Å². The molecular weight excluding hydrogens is 507 g/mol. The molecule has 39 heavy (non-hydrogen) atoms. The fourth-order valence-corrected chi connectivity index (χ4v) is 9.38. The Balaban J connectivity index is 1.38. The van der Waals surface area contributed by atoms with E-state index in [1.165, 1.54) is 0 Å².